The predicted octanol–water partition coefficient (Wildman–Crippen LogP) is -0.561. The Kier molecular flexibility index (Phi) is 3.99. The summed E-state index contributed by atoms with van der Waals surface area (Å²) in [6.45, 7) is 0.570. The number of sulfonamides is 1. The Morgan fingerprint density at radius 1 is 1.09 bits per heavy atom. The zero-order valence-corrected chi connectivity index (χ0v) is 8.35. The average molecular weight is 180 g/mol. The Morgan fingerprint density at radius 3 is 1.82 bits per heavy atom. The lowest BCUT2D eigenvalue weighted by Crippen LogP contribution is -2.30. The zero-order chi connectivity index (χ0) is 9.07. The predicted molar refractivity (Wildman–Crippen MR) is 46.0 cm³/mol. The van der Waals surface area contributed by atoms with E-state index in [1.54, 1.807) is 14.1 Å². The van der Waals surface area contributed by atoms with Crippen molar-refractivity contribution >= 4 is 10.0 Å². The number of hydrogen-bond acceptors (Lipinski definition) is 3. The van der Waals surface area contributed by atoms with Crippen LogP contribution in [0.1, 0.15) is 0 Å². The Bertz CT molecular complexity index is 197. The second-order valence-corrected chi connectivity index (χ2v) is 5.20. The molecule has 0 heterocycles. The van der Waals surface area contributed by atoms with E-state index in [1.165, 1.54) is 4.31 Å². The van der Waals surface area contributed by atoms with E-state index in [0.717, 1.165) is 0 Å². The molecule has 0 atom stereocenters. The maximum absolute atomic E-state index is 11.1. The second kappa shape index (κ2) is 4.04. The molecule has 0 aliphatic heterocycles. The standard InChI is InChI=1S/C6H16N2O2S/c1-7(2)5-6-11(9,10)8(3)4/h5-6H2,1-4H3. The van der Waals surface area contributed by atoms with Crippen LogP contribution in [0.15, 0.2) is 0 Å². The van der Waals surface area contributed by atoms with Gasteiger partial charge in [0, 0.05) is 20.6 Å². The summed E-state index contributed by atoms with van der Waals surface area (Å²) in [7, 11) is 3.80. The molecule has 0 saturated carbocycles. The molecule has 0 spiro atoms. The number of nitrogens with zero attached hydrogens (tertiary/aromatic N) is 2. The normalized spacial score (nSPS) is 12.9. The molecule has 11 heavy (non-hydrogen) atoms. The first-order chi connectivity index (χ1) is 4.86. The Labute approximate surface area is 68.8 Å². The zero-order valence-electron chi connectivity index (χ0n) is 7.53. The molecular formula is C6H16N2O2S. The van der Waals surface area contributed by atoms with Gasteiger partial charge in [-0.25, -0.2) is 12.7 Å². The van der Waals surface area contributed by atoms with E-state index in [0.29, 0.717) is 6.54 Å². The van der Waals surface area contributed by atoms with Gasteiger partial charge in [0.2, 0.25) is 10.0 Å². The summed E-state index contributed by atoms with van der Waals surface area (Å²) in [4.78, 5) is 1.85. The minimum atomic E-state index is -3.00. The quantitative estimate of drug-likeness (QED) is 0.582. The maximum Gasteiger partial charge on any atom is 0.214 e. The highest BCUT2D eigenvalue weighted by Crippen LogP contribution is 1.93. The van der Waals surface area contributed by atoms with E-state index in [-0.39, 0.29) is 5.75 Å². The third-order valence-electron chi connectivity index (χ3n) is 1.35. The Balaban J connectivity index is 3.95. The van der Waals surface area contributed by atoms with E-state index in [9.17, 15) is 8.42 Å². The molecule has 0 aliphatic rings. The fraction of sp³-hybridized carbons (Fsp3) is 1.00. The lowest BCUT2D eigenvalue weighted by atomic mass is 10.7. The fourth-order valence-corrected chi connectivity index (χ4v) is 1.44. The van der Waals surface area contributed by atoms with Gasteiger partial charge < -0.3 is 4.90 Å². The fourth-order valence-electron chi connectivity index (χ4n) is 0.481. The van der Waals surface area contributed by atoms with Crippen molar-refractivity contribution in [2.75, 3.05) is 40.5 Å². The van der Waals surface area contributed by atoms with Gasteiger partial charge in [-0.2, -0.15) is 0 Å². The van der Waals surface area contributed by atoms with Gasteiger partial charge >= 0.3 is 0 Å². The van der Waals surface area contributed by atoms with Crippen LogP contribution in [-0.2, 0) is 10.0 Å². The first kappa shape index (κ1) is 10.9. The molecule has 0 aromatic heterocycles. The molecule has 0 N–H and O–H groups in total. The maximum atomic E-state index is 11.1. The smallest absolute Gasteiger partial charge is 0.214 e. The summed E-state index contributed by atoms with van der Waals surface area (Å²) in [5, 5.41) is 0. The molecule has 5 heteroatoms. The molecule has 4 nitrogen and oxygen atoms in total. The highest BCUT2D eigenvalue weighted by Gasteiger charge is 2.12. The number of hydrogen-bond donors (Lipinski definition) is 0. The SMILES string of the molecule is CN(C)CCS(=O)(=O)N(C)C. The summed E-state index contributed by atoms with van der Waals surface area (Å²) in [5.74, 6) is 0.187. The minimum absolute atomic E-state index is 0.187. The van der Waals surface area contributed by atoms with Gasteiger partial charge in [-0.15, -0.1) is 0 Å². The molecular weight excluding hydrogens is 164 g/mol. The molecule has 0 aromatic rings. The Morgan fingerprint density at radius 2 is 1.55 bits per heavy atom. The summed E-state index contributed by atoms with van der Waals surface area (Å²) in [6, 6.07) is 0. The van der Waals surface area contributed by atoms with Crippen molar-refractivity contribution in [1.29, 1.82) is 0 Å². The van der Waals surface area contributed by atoms with Gasteiger partial charge in [-0.1, -0.05) is 0 Å². The summed E-state index contributed by atoms with van der Waals surface area (Å²) in [5.41, 5.74) is 0. The van der Waals surface area contributed by atoms with Crippen LogP contribution in [0, 0.1) is 0 Å². The lowest BCUT2D eigenvalue weighted by molar-refractivity contribution is 0.425. The van der Waals surface area contributed by atoms with E-state index in [4.69, 9.17) is 0 Å². The van der Waals surface area contributed by atoms with Gasteiger partial charge in [0.1, 0.15) is 0 Å². The molecule has 0 amide bonds. The van der Waals surface area contributed by atoms with Crippen molar-refractivity contribution in [2.45, 2.75) is 0 Å². The van der Waals surface area contributed by atoms with Crippen LogP contribution in [0.2, 0.25) is 0 Å². The number of rotatable bonds is 4. The highest BCUT2D eigenvalue weighted by molar-refractivity contribution is 7.89. The largest absolute Gasteiger partial charge is 0.308 e. The van der Waals surface area contributed by atoms with Crippen LogP contribution < -0.4 is 0 Å². The summed E-state index contributed by atoms with van der Waals surface area (Å²) >= 11 is 0. The van der Waals surface area contributed by atoms with Crippen molar-refractivity contribution in [3.63, 3.8) is 0 Å². The van der Waals surface area contributed by atoms with Crippen LogP contribution in [-0.4, -0.2) is 58.1 Å². The second-order valence-electron chi connectivity index (χ2n) is 2.90. The molecule has 0 fully saturated rings. The molecule has 0 saturated heterocycles. The first-order valence-corrected chi connectivity index (χ1v) is 5.02. The van der Waals surface area contributed by atoms with E-state index in [2.05, 4.69) is 0 Å². The molecule has 0 aliphatic carbocycles. The van der Waals surface area contributed by atoms with Gasteiger partial charge in [0.25, 0.3) is 0 Å². The molecule has 68 valence electrons. The molecule has 0 radical (unpaired) electrons. The minimum Gasteiger partial charge on any atom is -0.308 e. The van der Waals surface area contributed by atoms with Gasteiger partial charge in [-0.3, -0.25) is 0 Å². The van der Waals surface area contributed by atoms with E-state index < -0.39 is 10.0 Å². The average Bonchev–Trinajstić information content (AvgIpc) is 1.84. The molecule has 0 unspecified atom stereocenters. The van der Waals surface area contributed by atoms with Gasteiger partial charge in [-0.05, 0) is 14.1 Å². The molecule has 0 rings (SSSR count). The Hall–Kier alpha value is -0.130. The van der Waals surface area contributed by atoms with Crippen LogP contribution >= 0.6 is 0 Å². The van der Waals surface area contributed by atoms with Crippen LogP contribution in [0.5, 0.6) is 0 Å². The van der Waals surface area contributed by atoms with Crippen LogP contribution in [0.3, 0.4) is 0 Å². The van der Waals surface area contributed by atoms with Crippen molar-refractivity contribution in [2.24, 2.45) is 0 Å². The van der Waals surface area contributed by atoms with Crippen molar-refractivity contribution in [1.82, 2.24) is 9.21 Å². The van der Waals surface area contributed by atoms with Crippen molar-refractivity contribution in [3.05, 3.63) is 0 Å². The lowest BCUT2D eigenvalue weighted by Gasteiger charge is -2.13. The van der Waals surface area contributed by atoms with Crippen molar-refractivity contribution in [3.8, 4) is 0 Å². The monoisotopic (exact) mass is 180 g/mol. The third kappa shape index (κ3) is 4.34. The van der Waals surface area contributed by atoms with Crippen LogP contribution in [0.25, 0.3) is 0 Å². The highest BCUT2D eigenvalue weighted by atomic mass is 32.2. The van der Waals surface area contributed by atoms with Gasteiger partial charge in [0.05, 0.1) is 5.75 Å². The van der Waals surface area contributed by atoms with E-state index in [1.807, 2.05) is 19.0 Å². The first-order valence-electron chi connectivity index (χ1n) is 3.41. The van der Waals surface area contributed by atoms with Crippen molar-refractivity contribution < 1.29 is 8.42 Å². The van der Waals surface area contributed by atoms with Gasteiger partial charge in [0.15, 0.2) is 0 Å². The summed E-state index contributed by atoms with van der Waals surface area (Å²) < 4.78 is 23.5. The summed E-state index contributed by atoms with van der Waals surface area (Å²) in [6.07, 6.45) is 0. The molecule has 0 aromatic carbocycles. The topological polar surface area (TPSA) is 40.6 Å². The van der Waals surface area contributed by atoms with E-state index >= 15 is 0 Å². The molecule has 0 bridgehead atoms. The third-order valence-corrected chi connectivity index (χ3v) is 3.16. The van der Waals surface area contributed by atoms with Crippen LogP contribution in [0.4, 0.5) is 0 Å².